The van der Waals surface area contributed by atoms with Crippen LogP contribution in [-0.2, 0) is 19.0 Å². The number of hydrogen-bond acceptors (Lipinski definition) is 3. The summed E-state index contributed by atoms with van der Waals surface area (Å²) in [7, 11) is 0. The maximum Gasteiger partial charge on any atom is 0.418 e. The fraction of sp³-hybridized carbons (Fsp3) is 0.435. The molecule has 2 aliphatic rings. The Morgan fingerprint density at radius 3 is 2.73 bits per heavy atom. The summed E-state index contributed by atoms with van der Waals surface area (Å²) in [5.74, 6) is 0. The smallest absolute Gasteiger partial charge is 0.394 e. The number of aromatic nitrogens is 1. The zero-order valence-corrected chi connectivity index (χ0v) is 17.5. The summed E-state index contributed by atoms with van der Waals surface area (Å²) in [4.78, 5) is 6.42. The van der Waals surface area contributed by atoms with Crippen molar-refractivity contribution in [1.29, 1.82) is 0 Å². The van der Waals surface area contributed by atoms with Crippen LogP contribution in [0.15, 0.2) is 35.9 Å². The molecule has 160 valence electrons. The first kappa shape index (κ1) is 21.3. The number of aryl methyl sites for hydroxylation is 2. The molecule has 0 fully saturated rings. The van der Waals surface area contributed by atoms with Crippen LogP contribution in [0.4, 0.5) is 13.2 Å². The molecule has 0 amide bonds. The van der Waals surface area contributed by atoms with Gasteiger partial charge in [-0.2, -0.15) is 13.2 Å². The molecular formula is C23H24ClF3N2O. The number of hydrogen-bond donors (Lipinski definition) is 1. The van der Waals surface area contributed by atoms with Crippen LogP contribution in [0.2, 0.25) is 5.02 Å². The third kappa shape index (κ3) is 4.13. The summed E-state index contributed by atoms with van der Waals surface area (Å²) in [6, 6.07) is 8.54. The van der Waals surface area contributed by atoms with Crippen molar-refractivity contribution in [1.82, 2.24) is 9.88 Å². The van der Waals surface area contributed by atoms with Crippen molar-refractivity contribution in [2.24, 2.45) is 0 Å². The number of nitrogens with zero attached hydrogens (tertiary/aromatic N) is 2. The van der Waals surface area contributed by atoms with E-state index in [-0.39, 0.29) is 18.3 Å². The molecule has 2 heterocycles. The van der Waals surface area contributed by atoms with Gasteiger partial charge in [0, 0.05) is 23.0 Å². The number of alkyl halides is 3. The van der Waals surface area contributed by atoms with Crippen molar-refractivity contribution in [3.63, 3.8) is 0 Å². The van der Waals surface area contributed by atoms with Crippen LogP contribution in [0.3, 0.4) is 0 Å². The molecule has 0 saturated carbocycles. The molecular weight excluding hydrogens is 413 g/mol. The fourth-order valence-electron chi connectivity index (χ4n) is 4.72. The van der Waals surface area contributed by atoms with E-state index in [0.29, 0.717) is 12.1 Å². The molecule has 0 radical (unpaired) electrons. The van der Waals surface area contributed by atoms with E-state index in [1.165, 1.54) is 35.3 Å². The van der Waals surface area contributed by atoms with Crippen molar-refractivity contribution in [3.8, 4) is 0 Å². The molecule has 1 N–H and O–H groups in total. The summed E-state index contributed by atoms with van der Waals surface area (Å²) >= 11 is 6.18. The molecule has 30 heavy (non-hydrogen) atoms. The summed E-state index contributed by atoms with van der Waals surface area (Å²) in [5.41, 5.74) is 5.05. The van der Waals surface area contributed by atoms with E-state index in [1.807, 2.05) is 12.1 Å². The second kappa shape index (κ2) is 8.33. The van der Waals surface area contributed by atoms with Crippen molar-refractivity contribution in [2.75, 3.05) is 19.7 Å². The second-order valence-corrected chi connectivity index (χ2v) is 8.44. The summed E-state index contributed by atoms with van der Waals surface area (Å²) in [6.45, 7) is 3.06. The number of halogens is 4. The highest BCUT2D eigenvalue weighted by Crippen LogP contribution is 2.41. The number of benzene rings is 1. The Morgan fingerprint density at radius 2 is 2.03 bits per heavy atom. The Hall–Kier alpha value is -1.89. The van der Waals surface area contributed by atoms with Gasteiger partial charge in [0.25, 0.3) is 0 Å². The van der Waals surface area contributed by atoms with Gasteiger partial charge in [0.2, 0.25) is 0 Å². The van der Waals surface area contributed by atoms with Gasteiger partial charge in [-0.1, -0.05) is 17.7 Å². The molecule has 3 nitrogen and oxygen atoms in total. The normalized spacial score (nSPS) is 19.2. The Balaban J connectivity index is 1.41. The van der Waals surface area contributed by atoms with Gasteiger partial charge in [-0.05, 0) is 85.7 Å². The Kier molecular flexibility index (Phi) is 5.93. The lowest BCUT2D eigenvalue weighted by molar-refractivity contribution is -0.138. The summed E-state index contributed by atoms with van der Waals surface area (Å²) in [6.07, 6.45) is -1.24. The average molecular weight is 437 g/mol. The Bertz CT molecular complexity index is 987. The number of fused-ring (bicyclic) bond motifs is 2. The molecule has 2 aromatic rings. The minimum atomic E-state index is -4.37. The van der Waals surface area contributed by atoms with E-state index in [9.17, 15) is 18.3 Å². The molecule has 7 heteroatoms. The SMILES string of the molecule is Cc1nc(CCCN2CCC3=C(Cc4ccc(Cl)cc43)C2CO)ccc1C(F)(F)F. The van der Waals surface area contributed by atoms with Gasteiger partial charge in [0.15, 0.2) is 0 Å². The van der Waals surface area contributed by atoms with Crippen molar-refractivity contribution >= 4 is 17.2 Å². The number of aliphatic hydroxyl groups is 1. The zero-order chi connectivity index (χ0) is 21.5. The van der Waals surface area contributed by atoms with Gasteiger partial charge in [-0.3, -0.25) is 9.88 Å². The molecule has 0 spiro atoms. The second-order valence-electron chi connectivity index (χ2n) is 8.00. The van der Waals surface area contributed by atoms with E-state index in [1.54, 1.807) is 0 Å². The van der Waals surface area contributed by atoms with E-state index >= 15 is 0 Å². The minimum Gasteiger partial charge on any atom is -0.394 e. The standard InChI is InChI=1S/C23H24ClF3N2O/c1-14-21(23(25,26)27)7-6-17(28-14)3-2-9-29-10-8-18-19-12-16(24)5-4-15(19)11-20(18)22(29)13-30/h4-7,12,22,30H,2-3,8-11,13H2,1H3. The number of rotatable bonds is 5. The third-order valence-electron chi connectivity index (χ3n) is 6.16. The first-order valence-corrected chi connectivity index (χ1v) is 10.5. The van der Waals surface area contributed by atoms with Gasteiger partial charge in [0.1, 0.15) is 0 Å². The quantitative estimate of drug-likeness (QED) is 0.710. The molecule has 1 atom stereocenters. The topological polar surface area (TPSA) is 36.4 Å². The highest BCUT2D eigenvalue weighted by molar-refractivity contribution is 6.30. The van der Waals surface area contributed by atoms with Crippen LogP contribution < -0.4 is 0 Å². The van der Waals surface area contributed by atoms with Crippen molar-refractivity contribution in [2.45, 2.75) is 44.8 Å². The Labute approximate surface area is 179 Å². The predicted molar refractivity (Wildman–Crippen MR) is 111 cm³/mol. The summed E-state index contributed by atoms with van der Waals surface area (Å²) < 4.78 is 38.7. The fourth-order valence-corrected chi connectivity index (χ4v) is 4.89. The van der Waals surface area contributed by atoms with Gasteiger partial charge in [0.05, 0.1) is 18.2 Å². The average Bonchev–Trinajstić information content (AvgIpc) is 3.04. The maximum absolute atomic E-state index is 12.9. The zero-order valence-electron chi connectivity index (χ0n) is 16.8. The largest absolute Gasteiger partial charge is 0.418 e. The third-order valence-corrected chi connectivity index (χ3v) is 6.39. The van der Waals surface area contributed by atoms with E-state index in [0.717, 1.165) is 43.4 Å². The number of pyridine rings is 1. The monoisotopic (exact) mass is 436 g/mol. The summed E-state index contributed by atoms with van der Waals surface area (Å²) in [5, 5.41) is 10.8. The van der Waals surface area contributed by atoms with Crippen LogP contribution in [-0.4, -0.2) is 40.7 Å². The van der Waals surface area contributed by atoms with Crippen LogP contribution in [0.5, 0.6) is 0 Å². The minimum absolute atomic E-state index is 0.0170. The van der Waals surface area contributed by atoms with E-state index in [4.69, 9.17) is 11.6 Å². The van der Waals surface area contributed by atoms with E-state index in [2.05, 4.69) is 16.0 Å². The molecule has 1 aromatic carbocycles. The van der Waals surface area contributed by atoms with Gasteiger partial charge in [-0.15, -0.1) is 0 Å². The first-order chi connectivity index (χ1) is 14.3. The van der Waals surface area contributed by atoms with Crippen LogP contribution >= 0.6 is 11.6 Å². The molecule has 1 unspecified atom stereocenters. The lowest BCUT2D eigenvalue weighted by atomic mass is 9.93. The first-order valence-electron chi connectivity index (χ1n) is 10.2. The van der Waals surface area contributed by atoms with Gasteiger partial charge in [-0.25, -0.2) is 0 Å². The molecule has 4 rings (SSSR count). The molecule has 1 aromatic heterocycles. The lowest BCUT2D eigenvalue weighted by Gasteiger charge is -2.36. The lowest BCUT2D eigenvalue weighted by Crippen LogP contribution is -2.43. The van der Waals surface area contributed by atoms with Crippen LogP contribution in [0, 0.1) is 6.92 Å². The van der Waals surface area contributed by atoms with Crippen molar-refractivity contribution in [3.05, 3.63) is 69.0 Å². The number of aliphatic hydroxyl groups excluding tert-OH is 1. The van der Waals surface area contributed by atoms with E-state index < -0.39 is 11.7 Å². The molecule has 0 bridgehead atoms. The molecule has 1 aliphatic carbocycles. The van der Waals surface area contributed by atoms with Crippen LogP contribution in [0.25, 0.3) is 5.57 Å². The van der Waals surface area contributed by atoms with Crippen molar-refractivity contribution < 1.29 is 18.3 Å². The molecule has 1 aliphatic heterocycles. The molecule has 0 saturated heterocycles. The highest BCUT2D eigenvalue weighted by Gasteiger charge is 2.34. The predicted octanol–water partition coefficient (Wildman–Crippen LogP) is 5.07. The highest BCUT2D eigenvalue weighted by atomic mass is 35.5. The van der Waals surface area contributed by atoms with Gasteiger partial charge < -0.3 is 5.11 Å². The maximum atomic E-state index is 12.9. The Morgan fingerprint density at radius 1 is 1.23 bits per heavy atom. The van der Waals surface area contributed by atoms with Gasteiger partial charge >= 0.3 is 6.18 Å². The van der Waals surface area contributed by atoms with Crippen LogP contribution in [0.1, 0.15) is 40.9 Å².